The highest BCUT2D eigenvalue weighted by atomic mass is 35.5. The van der Waals surface area contributed by atoms with E-state index < -0.39 is 11.8 Å². The fourth-order valence-electron chi connectivity index (χ4n) is 1.40. The second-order valence-corrected chi connectivity index (χ2v) is 5.00. The van der Waals surface area contributed by atoms with Gasteiger partial charge >= 0.3 is 5.97 Å². The Kier molecular flexibility index (Phi) is 3.89. The minimum Gasteiger partial charge on any atom is -0.478 e. The summed E-state index contributed by atoms with van der Waals surface area (Å²) in [4.78, 5) is 11.8. The number of halogens is 2. The molecule has 2 rings (SSSR count). The average molecular weight is 283 g/mol. The molecule has 92 valence electrons. The van der Waals surface area contributed by atoms with Crippen LogP contribution in [0.3, 0.4) is 0 Å². The fourth-order valence-corrected chi connectivity index (χ4v) is 2.47. The quantitative estimate of drug-likeness (QED) is 0.910. The van der Waals surface area contributed by atoms with Crippen LogP contribution in [0.5, 0.6) is 0 Å². The molecule has 0 aliphatic rings. The van der Waals surface area contributed by atoms with Gasteiger partial charge < -0.3 is 5.11 Å². The highest BCUT2D eigenvalue weighted by molar-refractivity contribution is 7.99. The van der Waals surface area contributed by atoms with Crippen molar-refractivity contribution in [3.8, 4) is 0 Å². The second-order valence-electron chi connectivity index (χ2n) is 3.48. The number of carboxylic acids is 1. The molecule has 0 aliphatic heterocycles. The van der Waals surface area contributed by atoms with E-state index in [0.717, 1.165) is 16.7 Å². The molecule has 18 heavy (non-hydrogen) atoms. The van der Waals surface area contributed by atoms with Gasteiger partial charge in [-0.2, -0.15) is 0 Å². The van der Waals surface area contributed by atoms with Crippen LogP contribution in [0.15, 0.2) is 52.3 Å². The van der Waals surface area contributed by atoms with E-state index in [9.17, 15) is 9.18 Å². The third-order valence-electron chi connectivity index (χ3n) is 2.23. The molecule has 2 nitrogen and oxygen atoms in total. The maximum absolute atomic E-state index is 13.7. The zero-order valence-electron chi connectivity index (χ0n) is 9.06. The first-order chi connectivity index (χ1) is 8.58. The fraction of sp³-hybridized carbons (Fsp3) is 0. The van der Waals surface area contributed by atoms with Crippen molar-refractivity contribution in [2.45, 2.75) is 9.79 Å². The molecule has 2 aromatic rings. The van der Waals surface area contributed by atoms with E-state index in [1.165, 1.54) is 18.2 Å². The maximum atomic E-state index is 13.7. The van der Waals surface area contributed by atoms with Crippen molar-refractivity contribution in [2.24, 2.45) is 0 Å². The number of hydrogen-bond donors (Lipinski definition) is 1. The molecule has 0 fully saturated rings. The number of rotatable bonds is 3. The van der Waals surface area contributed by atoms with Crippen LogP contribution in [-0.2, 0) is 0 Å². The summed E-state index contributed by atoms with van der Waals surface area (Å²) in [7, 11) is 0. The Balaban J connectivity index is 2.39. The first-order valence-corrected chi connectivity index (χ1v) is 6.22. The smallest absolute Gasteiger partial charge is 0.336 e. The summed E-state index contributed by atoms with van der Waals surface area (Å²) in [5, 5.41) is 9.59. The van der Waals surface area contributed by atoms with Gasteiger partial charge in [-0.15, -0.1) is 0 Å². The van der Waals surface area contributed by atoms with Crippen molar-refractivity contribution >= 4 is 29.3 Å². The van der Waals surface area contributed by atoms with Crippen LogP contribution in [0.2, 0.25) is 5.02 Å². The summed E-state index contributed by atoms with van der Waals surface area (Å²) in [6.07, 6.45) is 0. The minimum absolute atomic E-state index is 0.0463. The van der Waals surface area contributed by atoms with Crippen molar-refractivity contribution in [1.29, 1.82) is 0 Å². The predicted octanol–water partition coefficient (Wildman–Crippen LogP) is 4.33. The summed E-state index contributed by atoms with van der Waals surface area (Å²) < 4.78 is 13.7. The molecular weight excluding hydrogens is 275 g/mol. The highest BCUT2D eigenvalue weighted by Gasteiger charge is 2.15. The molecular formula is C13H8ClFO2S. The molecule has 0 amide bonds. The van der Waals surface area contributed by atoms with Crippen molar-refractivity contribution < 1.29 is 14.3 Å². The van der Waals surface area contributed by atoms with Gasteiger partial charge in [-0.1, -0.05) is 29.4 Å². The lowest BCUT2D eigenvalue weighted by atomic mass is 10.2. The van der Waals surface area contributed by atoms with Crippen LogP contribution in [0.1, 0.15) is 10.4 Å². The van der Waals surface area contributed by atoms with Gasteiger partial charge in [0.2, 0.25) is 0 Å². The lowest BCUT2D eigenvalue weighted by Gasteiger charge is -2.07. The topological polar surface area (TPSA) is 37.3 Å². The lowest BCUT2D eigenvalue weighted by Crippen LogP contribution is -2.00. The van der Waals surface area contributed by atoms with Crippen LogP contribution < -0.4 is 0 Å². The number of carbonyl (C=O) groups is 1. The van der Waals surface area contributed by atoms with Crippen LogP contribution in [0.25, 0.3) is 0 Å². The Labute approximate surface area is 112 Å². The van der Waals surface area contributed by atoms with Crippen molar-refractivity contribution in [2.75, 3.05) is 0 Å². The van der Waals surface area contributed by atoms with Gasteiger partial charge in [-0.25, -0.2) is 9.18 Å². The average Bonchev–Trinajstić information content (AvgIpc) is 2.34. The Morgan fingerprint density at radius 1 is 1.17 bits per heavy atom. The molecule has 0 spiro atoms. The van der Waals surface area contributed by atoms with E-state index in [-0.39, 0.29) is 10.5 Å². The molecule has 0 unspecified atom stereocenters. The van der Waals surface area contributed by atoms with E-state index >= 15 is 0 Å². The molecule has 2 aromatic carbocycles. The predicted molar refractivity (Wildman–Crippen MR) is 68.9 cm³/mol. The summed E-state index contributed by atoms with van der Waals surface area (Å²) >= 11 is 6.81. The number of benzene rings is 2. The molecule has 0 radical (unpaired) electrons. The van der Waals surface area contributed by atoms with Gasteiger partial charge in [0, 0.05) is 9.92 Å². The maximum Gasteiger partial charge on any atom is 0.336 e. The highest BCUT2D eigenvalue weighted by Crippen LogP contribution is 2.33. The van der Waals surface area contributed by atoms with E-state index in [1.807, 2.05) is 0 Å². The molecule has 5 heteroatoms. The normalized spacial score (nSPS) is 10.3. The molecule has 0 atom stereocenters. The van der Waals surface area contributed by atoms with E-state index in [2.05, 4.69) is 0 Å². The van der Waals surface area contributed by atoms with Gasteiger partial charge in [-0.3, -0.25) is 0 Å². The number of hydrogen-bond acceptors (Lipinski definition) is 2. The molecule has 0 heterocycles. The van der Waals surface area contributed by atoms with Crippen LogP contribution in [-0.4, -0.2) is 11.1 Å². The van der Waals surface area contributed by atoms with Gasteiger partial charge in [0.05, 0.1) is 10.5 Å². The largest absolute Gasteiger partial charge is 0.478 e. The SMILES string of the molecule is O=C(O)c1cccc(F)c1Sc1ccc(Cl)cc1. The molecule has 0 bridgehead atoms. The van der Waals surface area contributed by atoms with E-state index in [0.29, 0.717) is 5.02 Å². The Morgan fingerprint density at radius 3 is 2.44 bits per heavy atom. The molecule has 1 N–H and O–H groups in total. The van der Waals surface area contributed by atoms with Crippen LogP contribution in [0.4, 0.5) is 4.39 Å². The summed E-state index contributed by atoms with van der Waals surface area (Å²) in [6.45, 7) is 0. The molecule has 0 aromatic heterocycles. The monoisotopic (exact) mass is 282 g/mol. The Bertz CT molecular complexity index is 584. The number of aromatic carboxylic acids is 1. The van der Waals surface area contributed by atoms with E-state index in [1.54, 1.807) is 24.3 Å². The minimum atomic E-state index is -1.15. The third-order valence-corrected chi connectivity index (χ3v) is 3.61. The Morgan fingerprint density at radius 2 is 1.83 bits per heavy atom. The summed E-state index contributed by atoms with van der Waals surface area (Å²) in [6, 6.07) is 10.8. The van der Waals surface area contributed by atoms with Gasteiger partial charge in [-0.05, 0) is 36.4 Å². The number of carboxylic acid groups (broad SMARTS) is 1. The molecule has 0 saturated carbocycles. The summed E-state index contributed by atoms with van der Waals surface area (Å²) in [5.74, 6) is -1.69. The van der Waals surface area contributed by atoms with Crippen molar-refractivity contribution in [1.82, 2.24) is 0 Å². The van der Waals surface area contributed by atoms with Crippen molar-refractivity contribution in [3.05, 3.63) is 58.9 Å². The first-order valence-electron chi connectivity index (χ1n) is 5.03. The van der Waals surface area contributed by atoms with Gasteiger partial charge in [0.15, 0.2) is 0 Å². The van der Waals surface area contributed by atoms with Crippen molar-refractivity contribution in [3.63, 3.8) is 0 Å². The lowest BCUT2D eigenvalue weighted by molar-refractivity contribution is 0.0692. The standard InChI is InChI=1S/C13H8ClFO2S/c14-8-4-6-9(7-5-8)18-12-10(13(16)17)2-1-3-11(12)15/h1-7H,(H,16,17). The Hall–Kier alpha value is -1.52. The first kappa shape index (κ1) is 12.9. The zero-order chi connectivity index (χ0) is 13.1. The summed E-state index contributed by atoms with van der Waals surface area (Å²) in [5.41, 5.74) is -0.0463. The van der Waals surface area contributed by atoms with Gasteiger partial charge in [0.25, 0.3) is 0 Å². The van der Waals surface area contributed by atoms with E-state index in [4.69, 9.17) is 16.7 Å². The zero-order valence-corrected chi connectivity index (χ0v) is 10.6. The molecule has 0 aliphatic carbocycles. The third kappa shape index (κ3) is 2.83. The van der Waals surface area contributed by atoms with Crippen LogP contribution >= 0.6 is 23.4 Å². The van der Waals surface area contributed by atoms with Crippen LogP contribution in [0, 0.1) is 5.82 Å². The second kappa shape index (κ2) is 5.42. The molecule has 0 saturated heterocycles. The van der Waals surface area contributed by atoms with Gasteiger partial charge in [0.1, 0.15) is 5.82 Å².